The fourth-order valence-corrected chi connectivity index (χ4v) is 2.96. The van der Waals surface area contributed by atoms with E-state index in [1.807, 2.05) is 0 Å². The van der Waals surface area contributed by atoms with Gasteiger partial charge in [-0.2, -0.15) is 0 Å². The zero-order valence-corrected chi connectivity index (χ0v) is 6.01. The van der Waals surface area contributed by atoms with Gasteiger partial charge in [0.15, 0.2) is 0 Å². The molecule has 0 aromatic carbocycles. The standard InChI is InChI=1S/C4H3INO2/c7-3-1-2(5-1)4(8)6-3/h1-2H,(H,6,7,8)/q-1. The summed E-state index contributed by atoms with van der Waals surface area (Å²) in [5, 5.41) is 2.27. The van der Waals surface area contributed by atoms with Gasteiger partial charge < -0.3 is 0 Å². The number of amides is 2. The summed E-state index contributed by atoms with van der Waals surface area (Å²) < 4.78 is 0.336. The van der Waals surface area contributed by atoms with Crippen LogP contribution in [-0.2, 0) is 9.59 Å². The number of carbonyl (C=O) groups is 2. The first-order valence-corrected chi connectivity index (χ1v) is 4.75. The number of hydrogen-bond acceptors (Lipinski definition) is 2. The Kier molecular flexibility index (Phi) is 0.726. The van der Waals surface area contributed by atoms with Gasteiger partial charge in [0.2, 0.25) is 0 Å². The van der Waals surface area contributed by atoms with E-state index >= 15 is 0 Å². The van der Waals surface area contributed by atoms with Crippen molar-refractivity contribution in [3.05, 3.63) is 0 Å². The van der Waals surface area contributed by atoms with E-state index in [1.54, 1.807) is 0 Å². The first-order chi connectivity index (χ1) is 3.79. The monoisotopic (exact) mass is 224 g/mol. The van der Waals surface area contributed by atoms with Crippen LogP contribution in [0.4, 0.5) is 0 Å². The first kappa shape index (κ1) is 4.72. The molecule has 0 spiro atoms. The van der Waals surface area contributed by atoms with Gasteiger partial charge in [0.25, 0.3) is 0 Å². The number of alkyl halides is 2. The van der Waals surface area contributed by atoms with Gasteiger partial charge in [0, 0.05) is 0 Å². The van der Waals surface area contributed by atoms with Crippen LogP contribution in [0.1, 0.15) is 0 Å². The van der Waals surface area contributed by atoms with Crippen LogP contribution in [0.3, 0.4) is 0 Å². The summed E-state index contributed by atoms with van der Waals surface area (Å²) in [7, 11) is 0. The molecular formula is C4H3INO2-. The Morgan fingerprint density at radius 1 is 1.25 bits per heavy atom. The van der Waals surface area contributed by atoms with E-state index in [1.165, 1.54) is 0 Å². The third kappa shape index (κ3) is 0.436. The Morgan fingerprint density at radius 2 is 1.75 bits per heavy atom. The number of halogens is 1. The quantitative estimate of drug-likeness (QED) is 0.256. The second-order valence-electron chi connectivity index (χ2n) is 1.78. The average molecular weight is 224 g/mol. The van der Waals surface area contributed by atoms with Crippen LogP contribution >= 0.6 is 0 Å². The van der Waals surface area contributed by atoms with E-state index in [2.05, 4.69) is 5.32 Å². The zero-order chi connectivity index (χ0) is 5.72. The molecule has 0 saturated carbocycles. The van der Waals surface area contributed by atoms with Crippen molar-refractivity contribution < 1.29 is 30.8 Å². The van der Waals surface area contributed by atoms with Gasteiger partial charge in [-0.05, 0) is 0 Å². The molecule has 2 aliphatic heterocycles. The summed E-state index contributed by atoms with van der Waals surface area (Å²) in [6.45, 7) is 0. The first-order valence-electron chi connectivity index (χ1n) is 2.26. The Labute approximate surface area is 56.1 Å². The van der Waals surface area contributed by atoms with Crippen molar-refractivity contribution in [2.45, 2.75) is 7.85 Å². The summed E-state index contributed by atoms with van der Waals surface area (Å²) in [6, 6.07) is 0. The number of nitrogens with one attached hydrogen (secondary N) is 1. The molecule has 0 aromatic rings. The topological polar surface area (TPSA) is 46.2 Å². The molecular weight excluding hydrogens is 221 g/mol. The molecule has 3 nitrogen and oxygen atoms in total. The Bertz CT molecular complexity index is 161. The molecule has 0 aromatic heterocycles. The molecule has 1 N–H and O–H groups in total. The number of hydrogen-bond donors (Lipinski definition) is 1. The molecule has 2 amide bonds. The maximum absolute atomic E-state index is 10.5. The number of rotatable bonds is 0. The second-order valence-corrected chi connectivity index (χ2v) is 5.19. The van der Waals surface area contributed by atoms with Crippen LogP contribution < -0.4 is 26.5 Å². The molecule has 2 rings (SSSR count). The molecule has 44 valence electrons. The fraction of sp³-hybridized carbons (Fsp3) is 0.500. The molecule has 2 heterocycles. The number of imide groups is 1. The van der Waals surface area contributed by atoms with Crippen LogP contribution in [0.5, 0.6) is 0 Å². The summed E-state index contributed by atoms with van der Waals surface area (Å²) in [5.41, 5.74) is 0. The molecule has 2 fully saturated rings. The van der Waals surface area contributed by atoms with Gasteiger partial charge in [0.05, 0.1) is 0 Å². The third-order valence-electron chi connectivity index (χ3n) is 1.21. The summed E-state index contributed by atoms with van der Waals surface area (Å²) in [4.78, 5) is 21.0. The van der Waals surface area contributed by atoms with Gasteiger partial charge in [-0.15, -0.1) is 0 Å². The fourth-order valence-electron chi connectivity index (χ4n) is 0.744. The molecule has 2 atom stereocenters. The van der Waals surface area contributed by atoms with Gasteiger partial charge in [0.1, 0.15) is 0 Å². The van der Waals surface area contributed by atoms with Crippen LogP contribution in [0.15, 0.2) is 0 Å². The second kappa shape index (κ2) is 1.23. The van der Waals surface area contributed by atoms with Crippen LogP contribution in [-0.4, -0.2) is 19.7 Å². The molecule has 4 heteroatoms. The van der Waals surface area contributed by atoms with Crippen molar-refractivity contribution in [2.24, 2.45) is 0 Å². The van der Waals surface area contributed by atoms with Gasteiger partial charge >= 0.3 is 55.8 Å². The summed E-state index contributed by atoms with van der Waals surface area (Å²) in [5.74, 6) is -0.0411. The normalized spacial score (nSPS) is 42.5. The van der Waals surface area contributed by atoms with Crippen molar-refractivity contribution in [3.63, 3.8) is 0 Å². The predicted molar refractivity (Wildman–Crippen MR) is 20.7 cm³/mol. The van der Waals surface area contributed by atoms with E-state index in [4.69, 9.17) is 0 Å². The third-order valence-corrected chi connectivity index (χ3v) is 4.50. The molecule has 2 aliphatic rings. The average Bonchev–Trinajstić information content (AvgIpc) is 2.35. The van der Waals surface area contributed by atoms with Crippen molar-refractivity contribution in [2.75, 3.05) is 0 Å². The predicted octanol–water partition coefficient (Wildman–Crippen LogP) is -4.52. The Balaban J connectivity index is 2.31. The summed E-state index contributed by atoms with van der Waals surface area (Å²) >= 11 is -0.0440. The Hall–Kier alpha value is -0.130. The van der Waals surface area contributed by atoms with Crippen molar-refractivity contribution in [3.8, 4) is 0 Å². The minimum atomic E-state index is -0.0440. The minimum absolute atomic E-state index is 0.0206. The molecule has 2 saturated heterocycles. The van der Waals surface area contributed by atoms with Crippen molar-refractivity contribution >= 4 is 11.8 Å². The van der Waals surface area contributed by atoms with Crippen LogP contribution in [0.2, 0.25) is 0 Å². The van der Waals surface area contributed by atoms with Crippen LogP contribution in [0, 0.1) is 0 Å². The number of carbonyl (C=O) groups excluding carboxylic acids is 2. The van der Waals surface area contributed by atoms with Crippen molar-refractivity contribution in [1.29, 1.82) is 0 Å². The van der Waals surface area contributed by atoms with E-state index in [-0.39, 0.29) is 40.9 Å². The van der Waals surface area contributed by atoms with E-state index in [9.17, 15) is 9.59 Å². The van der Waals surface area contributed by atoms with Crippen LogP contribution in [0.25, 0.3) is 0 Å². The van der Waals surface area contributed by atoms with Crippen molar-refractivity contribution in [1.82, 2.24) is 5.32 Å². The molecule has 2 unspecified atom stereocenters. The SMILES string of the molecule is O=C1NC(=O)C2[I-]C12. The Morgan fingerprint density at radius 3 is 1.88 bits per heavy atom. The van der Waals surface area contributed by atoms with Gasteiger partial charge in [-0.25, -0.2) is 0 Å². The molecule has 0 bridgehead atoms. The molecule has 0 aliphatic carbocycles. The molecule has 0 radical (unpaired) electrons. The van der Waals surface area contributed by atoms with E-state index in [0.717, 1.165) is 0 Å². The summed E-state index contributed by atoms with van der Waals surface area (Å²) in [6.07, 6.45) is 0. The molecule has 8 heavy (non-hydrogen) atoms. The maximum atomic E-state index is 10.5. The van der Waals surface area contributed by atoms with E-state index < -0.39 is 0 Å². The van der Waals surface area contributed by atoms with Gasteiger partial charge in [-0.3, -0.25) is 0 Å². The van der Waals surface area contributed by atoms with E-state index in [0.29, 0.717) is 0 Å². The number of fused-ring (bicyclic) bond motifs is 1. The zero-order valence-electron chi connectivity index (χ0n) is 3.85. The van der Waals surface area contributed by atoms with Gasteiger partial charge in [-0.1, -0.05) is 0 Å².